The quantitative estimate of drug-likeness (QED) is 0.261. The number of Topliss-reactive ketones (excluding diaryl/α,β-unsaturated/α-hetero) is 1. The van der Waals surface area contributed by atoms with Gasteiger partial charge in [0.25, 0.3) is 0 Å². The molecule has 7 nitrogen and oxygen atoms in total. The van der Waals surface area contributed by atoms with Crippen LogP contribution in [0.1, 0.15) is 30.0 Å². The topological polar surface area (TPSA) is 89.8 Å². The first-order chi connectivity index (χ1) is 15.5. The molecule has 0 saturated carbocycles. The molecule has 2 aromatic heterocycles. The van der Waals surface area contributed by atoms with E-state index in [9.17, 15) is 9.59 Å². The zero-order valence-electron chi connectivity index (χ0n) is 17.6. The highest BCUT2D eigenvalue weighted by Gasteiger charge is 2.15. The van der Waals surface area contributed by atoms with Crippen LogP contribution < -0.4 is 5.32 Å². The van der Waals surface area contributed by atoms with Crippen LogP contribution in [0.3, 0.4) is 0 Å². The van der Waals surface area contributed by atoms with Gasteiger partial charge in [-0.1, -0.05) is 35.7 Å². The third kappa shape index (κ3) is 5.37. The minimum absolute atomic E-state index is 0.000397. The van der Waals surface area contributed by atoms with Gasteiger partial charge in [0.05, 0.1) is 21.7 Å². The van der Waals surface area contributed by atoms with Gasteiger partial charge in [-0.2, -0.15) is 0 Å². The second-order valence-corrected chi connectivity index (χ2v) is 10.0. The lowest BCUT2D eigenvalue weighted by molar-refractivity contribution is -0.114. The number of aromatic nitrogens is 4. The van der Waals surface area contributed by atoms with Gasteiger partial charge in [-0.25, -0.2) is 4.98 Å². The Balaban J connectivity index is 1.37. The first kappa shape index (κ1) is 22.5. The van der Waals surface area contributed by atoms with E-state index < -0.39 is 0 Å². The Morgan fingerprint density at radius 2 is 1.84 bits per heavy atom. The Kier molecular flexibility index (Phi) is 7.23. The van der Waals surface area contributed by atoms with Crippen molar-refractivity contribution in [3.8, 4) is 0 Å². The van der Waals surface area contributed by atoms with Crippen LogP contribution in [0.2, 0.25) is 0 Å². The van der Waals surface area contributed by atoms with E-state index in [1.54, 1.807) is 47.4 Å². The van der Waals surface area contributed by atoms with Crippen molar-refractivity contribution >= 4 is 62.5 Å². The van der Waals surface area contributed by atoms with E-state index in [1.165, 1.54) is 23.4 Å². The summed E-state index contributed by atoms with van der Waals surface area (Å²) >= 11 is 4.70. The maximum Gasteiger partial charge on any atom is 0.221 e. The zero-order valence-corrected chi connectivity index (χ0v) is 20.0. The number of fused-ring (bicyclic) bond motifs is 1. The van der Waals surface area contributed by atoms with Crippen molar-refractivity contribution in [1.82, 2.24) is 19.7 Å². The van der Waals surface area contributed by atoms with Gasteiger partial charge in [-0.3, -0.25) is 9.59 Å². The number of hydrogen-bond acceptors (Lipinski definition) is 8. The Hall–Kier alpha value is -2.69. The molecule has 2 aromatic carbocycles. The summed E-state index contributed by atoms with van der Waals surface area (Å²) in [5.74, 6) is 1.66. The number of hydrogen-bond donors (Lipinski definition) is 1. The van der Waals surface area contributed by atoms with E-state index in [0.29, 0.717) is 17.0 Å². The summed E-state index contributed by atoms with van der Waals surface area (Å²) < 4.78 is 4.22. The van der Waals surface area contributed by atoms with Crippen LogP contribution in [0.15, 0.2) is 58.0 Å². The van der Waals surface area contributed by atoms with Crippen LogP contribution >= 0.6 is 34.9 Å². The maximum absolute atomic E-state index is 12.6. The van der Waals surface area contributed by atoms with Gasteiger partial charge in [-0.05, 0) is 43.3 Å². The molecule has 10 heteroatoms. The standard InChI is InChI=1S/C22H21N5O2S3/c1-3-27-20(13-31-22-24-17-6-4-5-7-19(17)32-22)25-26-21(27)30-12-18(29)15-8-10-16(11-9-15)23-14(2)28/h4-11H,3,12-13H2,1-2H3,(H,23,28). The summed E-state index contributed by atoms with van der Waals surface area (Å²) in [6, 6.07) is 15.0. The van der Waals surface area contributed by atoms with Crippen molar-refractivity contribution in [2.45, 2.75) is 35.6 Å². The molecule has 1 amide bonds. The molecule has 164 valence electrons. The predicted octanol–water partition coefficient (Wildman–Crippen LogP) is 5.13. The number of rotatable bonds is 9. The van der Waals surface area contributed by atoms with Crippen molar-refractivity contribution in [2.24, 2.45) is 0 Å². The van der Waals surface area contributed by atoms with E-state index in [2.05, 4.69) is 26.6 Å². The van der Waals surface area contributed by atoms with Gasteiger partial charge in [0.1, 0.15) is 5.82 Å². The van der Waals surface area contributed by atoms with E-state index in [4.69, 9.17) is 0 Å². The molecule has 0 radical (unpaired) electrons. The minimum Gasteiger partial charge on any atom is -0.326 e. The molecule has 0 bridgehead atoms. The number of carbonyl (C=O) groups is 2. The highest BCUT2D eigenvalue weighted by atomic mass is 32.2. The Labute approximate surface area is 198 Å². The number of benzene rings is 2. The van der Waals surface area contributed by atoms with Gasteiger partial charge < -0.3 is 9.88 Å². The van der Waals surface area contributed by atoms with Gasteiger partial charge in [0.2, 0.25) is 5.91 Å². The summed E-state index contributed by atoms with van der Waals surface area (Å²) in [5, 5.41) is 12.1. The molecule has 0 aliphatic heterocycles. The fourth-order valence-electron chi connectivity index (χ4n) is 3.05. The summed E-state index contributed by atoms with van der Waals surface area (Å²) in [7, 11) is 0. The number of thiazole rings is 1. The Morgan fingerprint density at radius 1 is 1.06 bits per heavy atom. The summed E-state index contributed by atoms with van der Waals surface area (Å²) in [5.41, 5.74) is 2.28. The average molecular weight is 484 g/mol. The van der Waals surface area contributed by atoms with Crippen LogP contribution in [-0.4, -0.2) is 37.2 Å². The van der Waals surface area contributed by atoms with Gasteiger partial charge >= 0.3 is 0 Å². The molecule has 0 saturated heterocycles. The van der Waals surface area contributed by atoms with Crippen LogP contribution in [0.25, 0.3) is 10.2 Å². The first-order valence-corrected chi connectivity index (χ1v) is 12.8. The molecule has 1 N–H and O–H groups in total. The molecule has 0 aliphatic carbocycles. The Bertz CT molecular complexity index is 1220. The SMILES string of the molecule is CCn1c(CSc2nc3ccccc3s2)nnc1SCC(=O)c1ccc(NC(C)=O)cc1. The second-order valence-electron chi connectivity index (χ2n) is 6.85. The largest absolute Gasteiger partial charge is 0.326 e. The summed E-state index contributed by atoms with van der Waals surface area (Å²) in [6.07, 6.45) is 0. The van der Waals surface area contributed by atoms with Crippen LogP contribution in [0.5, 0.6) is 0 Å². The number of nitrogens with one attached hydrogen (secondary N) is 1. The van der Waals surface area contributed by atoms with E-state index >= 15 is 0 Å². The molecule has 0 unspecified atom stereocenters. The fraction of sp³-hybridized carbons (Fsp3) is 0.227. The van der Waals surface area contributed by atoms with Crippen LogP contribution in [0.4, 0.5) is 5.69 Å². The van der Waals surface area contributed by atoms with Crippen LogP contribution in [-0.2, 0) is 17.1 Å². The van der Waals surface area contributed by atoms with Gasteiger partial charge in [0.15, 0.2) is 15.3 Å². The number of nitrogens with zero attached hydrogens (tertiary/aromatic N) is 4. The van der Waals surface area contributed by atoms with Gasteiger partial charge in [0, 0.05) is 24.7 Å². The molecule has 4 aromatic rings. The molecule has 0 spiro atoms. The second kappa shape index (κ2) is 10.3. The van der Waals surface area contributed by atoms with Crippen molar-refractivity contribution in [1.29, 1.82) is 0 Å². The molecule has 32 heavy (non-hydrogen) atoms. The molecular weight excluding hydrogens is 462 g/mol. The number of thioether (sulfide) groups is 2. The lowest BCUT2D eigenvalue weighted by Crippen LogP contribution is -2.07. The molecule has 0 atom stereocenters. The van der Waals surface area contributed by atoms with Crippen molar-refractivity contribution in [3.05, 3.63) is 59.9 Å². The highest BCUT2D eigenvalue weighted by molar-refractivity contribution is 8.00. The third-order valence-corrected chi connectivity index (χ3v) is 7.71. The smallest absolute Gasteiger partial charge is 0.221 e. The predicted molar refractivity (Wildman–Crippen MR) is 131 cm³/mol. The lowest BCUT2D eigenvalue weighted by atomic mass is 10.1. The molecule has 0 fully saturated rings. The average Bonchev–Trinajstić information content (AvgIpc) is 3.39. The van der Waals surface area contributed by atoms with Gasteiger partial charge in [-0.15, -0.1) is 21.5 Å². The molecule has 2 heterocycles. The van der Waals surface area contributed by atoms with E-state index in [1.807, 2.05) is 29.7 Å². The molecular formula is C22H21N5O2S3. The van der Waals surface area contributed by atoms with Crippen LogP contribution in [0, 0.1) is 0 Å². The lowest BCUT2D eigenvalue weighted by Gasteiger charge is -2.07. The zero-order chi connectivity index (χ0) is 22.5. The van der Waals surface area contributed by atoms with E-state index in [0.717, 1.165) is 27.4 Å². The normalized spacial score (nSPS) is 11.1. The fourth-order valence-corrected chi connectivity index (χ4v) is 5.97. The number of ketones is 1. The minimum atomic E-state index is -0.143. The van der Waals surface area contributed by atoms with Crippen molar-refractivity contribution in [2.75, 3.05) is 11.1 Å². The number of carbonyl (C=O) groups excluding carboxylic acids is 2. The summed E-state index contributed by atoms with van der Waals surface area (Å²) in [4.78, 5) is 28.4. The Morgan fingerprint density at radius 3 is 2.56 bits per heavy atom. The number of amides is 1. The first-order valence-electron chi connectivity index (χ1n) is 9.97. The number of para-hydroxylation sites is 1. The van der Waals surface area contributed by atoms with Crippen molar-refractivity contribution < 1.29 is 9.59 Å². The maximum atomic E-state index is 12.6. The monoisotopic (exact) mass is 483 g/mol. The van der Waals surface area contributed by atoms with E-state index in [-0.39, 0.29) is 17.4 Å². The summed E-state index contributed by atoms with van der Waals surface area (Å²) in [6.45, 7) is 4.22. The molecule has 4 rings (SSSR count). The third-order valence-electron chi connectivity index (χ3n) is 4.57. The van der Waals surface area contributed by atoms with Crippen molar-refractivity contribution in [3.63, 3.8) is 0 Å². The number of anilines is 1. The highest BCUT2D eigenvalue weighted by Crippen LogP contribution is 2.31. The molecule has 0 aliphatic rings.